The molecule has 6 aromatic carbocycles. The molecule has 9 aromatic rings. The van der Waals surface area contributed by atoms with E-state index >= 15 is 0 Å². The van der Waals surface area contributed by atoms with Gasteiger partial charge >= 0.3 is 18.3 Å². The van der Waals surface area contributed by atoms with Crippen LogP contribution in [0, 0.1) is 18.6 Å². The third-order valence-electron chi connectivity index (χ3n) is 11.1. The molecule has 7 N–H and O–H groups in total. The minimum absolute atomic E-state index is 0.124. The number of aromatic amines is 3. The van der Waals surface area contributed by atoms with E-state index in [-0.39, 0.29) is 33.9 Å². The maximum absolute atomic E-state index is 14.8. The molecule has 0 aliphatic carbocycles. The second-order valence-corrected chi connectivity index (χ2v) is 16.6. The number of rotatable bonds is 7. The zero-order valence-electron chi connectivity index (χ0n) is 39.8. The first-order chi connectivity index (χ1) is 35.2. The molecule has 0 aliphatic rings. The number of aromatic nitrogens is 6. The van der Waals surface area contributed by atoms with Gasteiger partial charge in [0.15, 0.2) is 5.17 Å². The zero-order chi connectivity index (χ0) is 52.2. The lowest BCUT2D eigenvalue weighted by Gasteiger charge is -2.10. The number of hydrogen-bond donors (Lipinski definition) is 6. The van der Waals surface area contributed by atoms with Crippen molar-refractivity contribution in [3.63, 3.8) is 0 Å². The number of amidine groups is 1. The van der Waals surface area contributed by atoms with Crippen molar-refractivity contribution >= 4 is 79.4 Å². The average Bonchev–Trinajstić information content (AvgIpc) is 3.81. The maximum Gasteiger partial charge on any atom is 0.435 e. The highest BCUT2D eigenvalue weighted by molar-refractivity contribution is 8.13. The predicted molar refractivity (Wildman–Crippen MR) is 278 cm³/mol. The van der Waals surface area contributed by atoms with Gasteiger partial charge in [-0.25, -0.2) is 38.3 Å². The lowest BCUT2D eigenvalue weighted by atomic mass is 9.97. The molecule has 0 unspecified atom stereocenters. The highest BCUT2D eigenvalue weighted by atomic mass is 32.2. The number of carbonyl (C=O) groups is 3. The first kappa shape index (κ1) is 51.6. The topological polar surface area (TPSA) is 262 Å². The summed E-state index contributed by atoms with van der Waals surface area (Å²) in [7, 11) is 3.67. The summed E-state index contributed by atoms with van der Waals surface area (Å²) in [5, 5.41) is 21.0. The van der Waals surface area contributed by atoms with E-state index in [1.807, 2.05) is 55.5 Å². The summed E-state index contributed by atoms with van der Waals surface area (Å²) in [6.07, 6.45) is 0.453. The average molecular weight is 1010 g/mol. The summed E-state index contributed by atoms with van der Waals surface area (Å²) < 4.78 is 42.3. The second kappa shape index (κ2) is 23.6. The van der Waals surface area contributed by atoms with E-state index in [4.69, 9.17) is 5.73 Å². The number of ether oxygens (including phenoxy) is 3. The zero-order valence-corrected chi connectivity index (χ0v) is 40.6. The molecule has 0 fully saturated rings. The Kier molecular flexibility index (Phi) is 16.7. The van der Waals surface area contributed by atoms with Crippen molar-refractivity contribution in [1.82, 2.24) is 35.7 Å². The quantitative estimate of drug-likeness (QED) is 0.0377. The number of fused-ring (bicyclic) bond motifs is 3. The lowest BCUT2D eigenvalue weighted by Crippen LogP contribution is -2.28. The van der Waals surface area contributed by atoms with Crippen LogP contribution in [0.5, 0.6) is 0 Å². The van der Waals surface area contributed by atoms with Crippen LogP contribution in [-0.2, 0) is 27.1 Å². The molecule has 0 saturated heterocycles. The van der Waals surface area contributed by atoms with Crippen LogP contribution in [0.25, 0.3) is 54.8 Å². The Morgan fingerprint density at radius 3 is 1.70 bits per heavy atom. The first-order valence-electron chi connectivity index (χ1n) is 21.9. The van der Waals surface area contributed by atoms with E-state index in [0.29, 0.717) is 62.7 Å². The number of nitrogens with one attached hydrogen (secondary N) is 5. The molecule has 3 heterocycles. The number of amides is 3. The standard InChI is InChI=1S/C24H18FN5O3.C22H18FN3O.C6H10N2O4S/c1-33-24(32)28-23-26-19-9-7-14(12-21(19)27-23)17-10-13(6-8-18(17)25)11-20-15-4-2-3-5-16(15)22(31)30-29-20;1-13-10-15(7-9-20(13)24)18-11-14(6-8-19(18)23)12-21-16-4-2-3-5-17(16)22(27)26-25-21;1-11-5(9)7-4(13-3)8-6(10)12-2/h2-10,12H,11H2,1H3,(H,30,31)(H2,26,27,28,32);2-11H,12,24H2,1H3,(H,26,27);1-3H3,(H,7,8,9,10). The molecule has 0 radical (unpaired) electrons. The molecule has 0 bridgehead atoms. The van der Waals surface area contributed by atoms with E-state index in [1.54, 1.807) is 66.9 Å². The van der Waals surface area contributed by atoms with E-state index in [2.05, 4.69) is 60.2 Å². The number of alkyl carbamates (subject to hydrolysis) is 1. The molecule has 0 aliphatic heterocycles. The Morgan fingerprint density at radius 2 is 1.19 bits per heavy atom. The molecule has 372 valence electrons. The number of hydrogen-bond acceptors (Lipinski definition) is 13. The SMILES string of the molecule is COC(=O)N=C(NC(=O)OC)SC.COC(=O)Nc1nc2ccc(-c3cc(Cc4n[nH]c(=O)c5ccccc45)ccc3F)cc2[nH]1.Cc1cc(-c2cc(Cc3n[nH]c(=O)c4ccccc34)ccc2F)ccc1N. The number of nitrogens with zero attached hydrogens (tertiary/aromatic N) is 4. The van der Waals surface area contributed by atoms with Gasteiger partial charge in [0, 0.05) is 40.4 Å². The Morgan fingerprint density at radius 1 is 0.671 bits per heavy atom. The fraction of sp³-hybridized carbons (Fsp3) is 0.135. The number of imidazole rings is 1. The van der Waals surface area contributed by atoms with Crippen molar-refractivity contribution < 1.29 is 37.4 Å². The summed E-state index contributed by atoms with van der Waals surface area (Å²) in [5.74, 6) is -0.425. The minimum Gasteiger partial charge on any atom is -0.453 e. The van der Waals surface area contributed by atoms with Crippen molar-refractivity contribution in [2.45, 2.75) is 19.8 Å². The van der Waals surface area contributed by atoms with Crippen molar-refractivity contribution in [2.24, 2.45) is 4.99 Å². The molecule has 21 heteroatoms. The van der Waals surface area contributed by atoms with Crippen LogP contribution in [0.15, 0.2) is 136 Å². The van der Waals surface area contributed by atoms with Crippen LogP contribution < -0.4 is 27.5 Å². The number of aryl methyl sites for hydroxylation is 1. The van der Waals surface area contributed by atoms with Gasteiger partial charge in [0.2, 0.25) is 5.95 Å². The summed E-state index contributed by atoms with van der Waals surface area (Å²) >= 11 is 1.09. The number of carbonyl (C=O) groups excluding carboxylic acids is 3. The van der Waals surface area contributed by atoms with Gasteiger partial charge in [0.05, 0.1) is 54.5 Å². The largest absolute Gasteiger partial charge is 0.453 e. The minimum atomic E-state index is -0.777. The normalized spacial score (nSPS) is 11.0. The van der Waals surface area contributed by atoms with Gasteiger partial charge in [0.25, 0.3) is 11.1 Å². The van der Waals surface area contributed by atoms with Crippen molar-refractivity contribution in [2.75, 3.05) is 38.6 Å². The molecule has 0 spiro atoms. The van der Waals surface area contributed by atoms with Crippen LogP contribution >= 0.6 is 11.8 Å². The monoisotopic (exact) mass is 1010 g/mol. The Balaban J connectivity index is 0.000000175. The summed E-state index contributed by atoms with van der Waals surface area (Å²) in [6.45, 7) is 1.90. The van der Waals surface area contributed by atoms with Crippen LogP contribution in [0.3, 0.4) is 0 Å². The molecule has 18 nitrogen and oxygen atoms in total. The van der Waals surface area contributed by atoms with E-state index < -0.39 is 18.3 Å². The number of H-pyrrole nitrogens is 3. The van der Waals surface area contributed by atoms with Gasteiger partial charge in [0.1, 0.15) is 11.6 Å². The van der Waals surface area contributed by atoms with Crippen molar-refractivity contribution in [3.8, 4) is 22.3 Å². The van der Waals surface area contributed by atoms with E-state index in [1.165, 1.54) is 33.5 Å². The highest BCUT2D eigenvalue weighted by Crippen LogP contribution is 2.30. The Labute approximate surface area is 418 Å². The van der Waals surface area contributed by atoms with Gasteiger partial charge in [-0.05, 0) is 102 Å². The highest BCUT2D eigenvalue weighted by Gasteiger charge is 2.15. The van der Waals surface area contributed by atoms with Crippen LogP contribution in [0.1, 0.15) is 28.1 Å². The van der Waals surface area contributed by atoms with Crippen molar-refractivity contribution in [3.05, 3.63) is 182 Å². The molecule has 73 heavy (non-hydrogen) atoms. The molecular weight excluding hydrogens is 963 g/mol. The van der Waals surface area contributed by atoms with E-state index in [9.17, 15) is 32.8 Å². The number of halogens is 2. The van der Waals surface area contributed by atoms with Gasteiger partial charge in [-0.15, -0.1) is 0 Å². The van der Waals surface area contributed by atoms with Crippen molar-refractivity contribution in [1.29, 1.82) is 0 Å². The first-order valence-corrected chi connectivity index (χ1v) is 23.2. The number of thioether (sulfide) groups is 1. The number of benzene rings is 6. The lowest BCUT2D eigenvalue weighted by molar-refractivity contribution is 0.176. The summed E-state index contributed by atoms with van der Waals surface area (Å²) in [6, 6.07) is 35.3. The van der Waals surface area contributed by atoms with E-state index in [0.717, 1.165) is 50.5 Å². The number of nitrogen functional groups attached to an aromatic ring is 1. The summed E-state index contributed by atoms with van der Waals surface area (Å²) in [4.78, 5) is 67.4. The third-order valence-corrected chi connectivity index (χ3v) is 11.7. The molecule has 3 amide bonds. The number of aliphatic imine (C=N–C) groups is 1. The summed E-state index contributed by atoms with van der Waals surface area (Å²) in [5.41, 5.74) is 13.8. The third kappa shape index (κ3) is 12.8. The maximum atomic E-state index is 14.8. The van der Waals surface area contributed by atoms with Gasteiger partial charge < -0.3 is 24.9 Å². The molecule has 0 atom stereocenters. The fourth-order valence-corrected chi connectivity index (χ4v) is 7.78. The van der Waals surface area contributed by atoms with Gasteiger partial charge in [-0.1, -0.05) is 72.4 Å². The Hall–Kier alpha value is -9.24. The van der Waals surface area contributed by atoms with Crippen LogP contribution in [0.2, 0.25) is 0 Å². The fourth-order valence-electron chi connectivity index (χ4n) is 7.43. The van der Waals surface area contributed by atoms with Gasteiger partial charge in [-0.3, -0.25) is 20.2 Å². The predicted octanol–water partition coefficient (Wildman–Crippen LogP) is 9.41. The molecular formula is C52H46F2N10O8S. The smallest absolute Gasteiger partial charge is 0.435 e. The molecule has 9 rings (SSSR count). The van der Waals surface area contributed by atoms with Crippen LogP contribution in [-0.4, -0.2) is 81.4 Å². The molecule has 0 saturated carbocycles. The van der Waals surface area contributed by atoms with Gasteiger partial charge in [-0.2, -0.15) is 15.2 Å². The number of methoxy groups -OCH3 is 3. The second-order valence-electron chi connectivity index (χ2n) is 15.8. The molecule has 3 aromatic heterocycles. The van der Waals surface area contributed by atoms with Crippen LogP contribution in [0.4, 0.5) is 34.8 Å². The number of nitrogens with two attached hydrogens (primary N) is 1. The number of anilines is 2. The Bertz CT molecular complexity index is 3670.